The molecule has 0 aliphatic heterocycles. The number of halogens is 1. The molecular weight excluding hydrogens is 423 g/mol. The Kier molecular flexibility index (Phi) is 6.52. The van der Waals surface area contributed by atoms with Gasteiger partial charge in [0.25, 0.3) is 0 Å². The van der Waals surface area contributed by atoms with Crippen LogP contribution in [0.25, 0.3) is 0 Å². The zero-order chi connectivity index (χ0) is 16.7. The fourth-order valence-corrected chi connectivity index (χ4v) is 31.0. The quantitative estimate of drug-likeness (QED) is 0.424. The first-order valence-corrected chi connectivity index (χ1v) is 19.9. The van der Waals surface area contributed by atoms with Crippen LogP contribution in [0.15, 0.2) is 46.6 Å². The van der Waals surface area contributed by atoms with Crippen molar-refractivity contribution in [3.05, 3.63) is 46.6 Å². The van der Waals surface area contributed by atoms with Crippen molar-refractivity contribution in [2.45, 2.75) is 71.7 Å². The molecule has 4 rings (SSSR count). The van der Waals surface area contributed by atoms with E-state index in [9.17, 15) is 0 Å². The average molecular weight is 455 g/mol. The summed E-state index contributed by atoms with van der Waals surface area (Å²) in [6, 6.07) is 0. The van der Waals surface area contributed by atoms with E-state index in [0.29, 0.717) is 7.25 Å². The van der Waals surface area contributed by atoms with E-state index in [4.69, 9.17) is 2.81 Å². The van der Waals surface area contributed by atoms with Crippen molar-refractivity contribution in [3.8, 4) is 0 Å². The van der Waals surface area contributed by atoms with Crippen molar-refractivity contribution in [2.24, 2.45) is 0 Å². The molecule has 0 aromatic rings. The Morgan fingerprint density at radius 3 is 1.68 bits per heavy atom. The van der Waals surface area contributed by atoms with Gasteiger partial charge in [-0.3, -0.25) is 0 Å². The normalized spacial score (nSPS) is 30.0. The Balaban J connectivity index is 0.00000182. The van der Waals surface area contributed by atoms with E-state index in [1.54, 1.807) is 11.1 Å². The number of hydrogen-bond acceptors (Lipinski definition) is 1. The molecule has 0 heterocycles. The fourth-order valence-electron chi connectivity index (χ4n) is 5.73. The van der Waals surface area contributed by atoms with Gasteiger partial charge < -0.3 is 0 Å². The molecule has 4 heteroatoms. The van der Waals surface area contributed by atoms with Gasteiger partial charge in [-0.1, -0.05) is 0 Å². The predicted octanol–water partition coefficient (Wildman–Crippen LogP) is 6.83. The van der Waals surface area contributed by atoms with E-state index in [1.807, 2.05) is 11.1 Å². The molecule has 0 radical (unpaired) electrons. The summed E-state index contributed by atoms with van der Waals surface area (Å²) in [5.74, 6) is 0. The standard InChI is InChI=1S/2C9H11.C2H6Si.CH3O.ClH.Zr/c2*1-2-5-9-7-3-6-8(9)4-1;1-3-2;1-2;;/h2*3,6-7H,1-2,4-5H2;1-2H3;1H3;1H;/q;;;-1;;+1. The van der Waals surface area contributed by atoms with E-state index in [0.717, 1.165) is 0 Å². The van der Waals surface area contributed by atoms with Crippen molar-refractivity contribution in [1.82, 2.24) is 0 Å². The third kappa shape index (κ3) is 3.22. The summed E-state index contributed by atoms with van der Waals surface area (Å²) in [5.41, 5.74) is 6.56. The van der Waals surface area contributed by atoms with Crippen LogP contribution < -0.4 is 0 Å². The van der Waals surface area contributed by atoms with Gasteiger partial charge in [-0.25, -0.2) is 0 Å². The van der Waals surface area contributed by atoms with Gasteiger partial charge in [0.15, 0.2) is 0 Å². The Bertz CT molecular complexity index is 672. The van der Waals surface area contributed by atoms with E-state index in [2.05, 4.69) is 44.5 Å². The van der Waals surface area contributed by atoms with Crippen LogP contribution in [-0.2, 0) is 22.1 Å². The first-order valence-electron chi connectivity index (χ1n) is 9.84. The molecule has 0 amide bonds. The summed E-state index contributed by atoms with van der Waals surface area (Å²) in [7, 11) is 2.08. The van der Waals surface area contributed by atoms with E-state index < -0.39 is 24.8 Å². The maximum Gasteiger partial charge on any atom is -0.147 e. The van der Waals surface area contributed by atoms with Crippen LogP contribution in [0.3, 0.4) is 0 Å². The fraction of sp³-hybridized carbons (Fsp3) is 0.619. The van der Waals surface area contributed by atoms with Crippen LogP contribution in [0.1, 0.15) is 51.4 Å². The number of rotatable bonds is 3. The van der Waals surface area contributed by atoms with Crippen molar-refractivity contribution in [3.63, 3.8) is 0 Å². The van der Waals surface area contributed by atoms with Crippen LogP contribution in [0.5, 0.6) is 0 Å². The summed E-state index contributed by atoms with van der Waals surface area (Å²) < 4.78 is 8.18. The average Bonchev–Trinajstić information content (AvgIpc) is 3.22. The molecule has 0 saturated carbocycles. The van der Waals surface area contributed by atoms with Crippen LogP contribution in [0.2, 0.25) is 20.3 Å². The Morgan fingerprint density at radius 1 is 0.840 bits per heavy atom. The first-order chi connectivity index (χ1) is 11.7. The molecule has 0 aromatic carbocycles. The minimum absolute atomic E-state index is 0. The minimum Gasteiger partial charge on any atom is -0.147 e. The second-order valence-corrected chi connectivity index (χ2v) is 30.1. The molecule has 0 fully saturated rings. The van der Waals surface area contributed by atoms with Gasteiger partial charge in [0.2, 0.25) is 0 Å². The van der Waals surface area contributed by atoms with Crippen molar-refractivity contribution in [1.29, 1.82) is 0 Å². The van der Waals surface area contributed by atoms with Crippen molar-refractivity contribution in [2.75, 3.05) is 7.11 Å². The Labute approximate surface area is 164 Å². The van der Waals surface area contributed by atoms with Gasteiger partial charge in [-0.05, 0) is 0 Å². The molecule has 4 aliphatic carbocycles. The summed E-state index contributed by atoms with van der Waals surface area (Å²) in [4.78, 5) is 0. The number of allylic oxidation sites excluding steroid dienone is 8. The van der Waals surface area contributed by atoms with Crippen LogP contribution in [0, 0.1) is 0 Å². The van der Waals surface area contributed by atoms with Gasteiger partial charge in [0, 0.05) is 0 Å². The van der Waals surface area contributed by atoms with Gasteiger partial charge in [-0.2, -0.15) is 0 Å². The van der Waals surface area contributed by atoms with Crippen LogP contribution >= 0.6 is 12.4 Å². The van der Waals surface area contributed by atoms with Crippen LogP contribution in [-0.4, -0.2) is 12.5 Å². The zero-order valence-corrected chi connectivity index (χ0v) is 20.2. The molecule has 1 nitrogen and oxygen atoms in total. The summed E-state index contributed by atoms with van der Waals surface area (Å²) in [6.07, 6.45) is 21.1. The topological polar surface area (TPSA) is 9.23 Å². The monoisotopic (exact) mass is 453 g/mol. The zero-order valence-electron chi connectivity index (χ0n) is 15.9. The maximum absolute atomic E-state index is 6.75. The Morgan fingerprint density at radius 2 is 1.28 bits per heavy atom. The van der Waals surface area contributed by atoms with E-state index in [1.165, 1.54) is 51.4 Å². The van der Waals surface area contributed by atoms with Crippen LogP contribution in [0.4, 0.5) is 0 Å². The maximum atomic E-state index is 6.75. The summed E-state index contributed by atoms with van der Waals surface area (Å²) in [6.45, 7) is 5.13. The third-order valence-corrected chi connectivity index (χ3v) is 33.7. The van der Waals surface area contributed by atoms with E-state index in [-0.39, 0.29) is 12.4 Å². The second-order valence-electron chi connectivity index (χ2n) is 8.19. The molecule has 0 aromatic heterocycles. The summed E-state index contributed by atoms with van der Waals surface area (Å²) >= 11 is -2.84. The smallest absolute Gasteiger partial charge is 0.147 e. The Hall–Kier alpha value is 0.310. The molecule has 4 aliphatic rings. The van der Waals surface area contributed by atoms with Crippen molar-refractivity contribution < 1.29 is 22.1 Å². The number of hydrogen-bond donors (Lipinski definition) is 0. The summed E-state index contributed by atoms with van der Waals surface area (Å²) in [5, 5.41) is 0. The molecule has 137 valence electrons. The third-order valence-electron chi connectivity index (χ3n) is 6.88. The minimum atomic E-state index is -2.84. The van der Waals surface area contributed by atoms with Gasteiger partial charge >= 0.3 is 153 Å². The molecule has 0 bridgehead atoms. The molecule has 25 heavy (non-hydrogen) atoms. The first kappa shape index (κ1) is 20.1. The molecular formula is C21H32ClOSiZr. The molecule has 0 saturated heterocycles. The van der Waals surface area contributed by atoms with Gasteiger partial charge in [-0.15, -0.1) is 12.4 Å². The SMILES string of the molecule is C[O][Zr]([CH]1C=CC2=C1CCCC2)([CH]1C=CC2=C1CCCC2)=[Si](C)C.Cl. The van der Waals surface area contributed by atoms with Gasteiger partial charge in [0.05, 0.1) is 0 Å². The molecule has 2 unspecified atom stereocenters. The molecule has 0 spiro atoms. The largest absolute Gasteiger partial charge is 0.147 e. The molecule has 0 N–H and O–H groups in total. The second kappa shape index (κ2) is 8.13. The predicted molar refractivity (Wildman–Crippen MR) is 109 cm³/mol. The van der Waals surface area contributed by atoms with E-state index >= 15 is 0 Å². The molecule has 2 atom stereocenters. The van der Waals surface area contributed by atoms with Gasteiger partial charge in [0.1, 0.15) is 0 Å². The van der Waals surface area contributed by atoms with Crippen molar-refractivity contribution >= 4 is 17.8 Å².